The molecule has 8 nitrogen and oxygen atoms in total. The van der Waals surface area contributed by atoms with Crippen molar-refractivity contribution in [1.29, 1.82) is 0 Å². The van der Waals surface area contributed by atoms with Crippen LogP contribution in [0.3, 0.4) is 0 Å². The molecule has 0 spiro atoms. The van der Waals surface area contributed by atoms with Gasteiger partial charge >= 0.3 is 17.9 Å². The topological polar surface area (TPSA) is 122 Å². The molecule has 0 radical (unpaired) electrons. The molecule has 2 saturated carbocycles. The summed E-state index contributed by atoms with van der Waals surface area (Å²) in [6.07, 6.45) is 3.64. The number of rotatable bonds is 5. The lowest BCUT2D eigenvalue weighted by Gasteiger charge is -2.36. The number of nitrogen functional groups attached to an aromatic ring is 1. The predicted octanol–water partition coefficient (Wildman–Crippen LogP) is 2.34. The monoisotopic (exact) mass is 409 g/mol. The maximum absolute atomic E-state index is 12.6. The third kappa shape index (κ3) is 3.76. The SMILES string of the molecule is COC(=O)c1sc(N)c(C(=O)OC)c1COC(=O)C1C[C@H]2CCC[C@@H](C1)C2=O. The Hall–Kier alpha value is -2.42. The van der Waals surface area contributed by atoms with Gasteiger partial charge in [-0.2, -0.15) is 0 Å². The van der Waals surface area contributed by atoms with Gasteiger partial charge in [0.2, 0.25) is 0 Å². The van der Waals surface area contributed by atoms with Crippen molar-refractivity contribution in [1.82, 2.24) is 0 Å². The van der Waals surface area contributed by atoms with Crippen LogP contribution in [0.4, 0.5) is 5.00 Å². The van der Waals surface area contributed by atoms with Gasteiger partial charge in [-0.3, -0.25) is 9.59 Å². The fourth-order valence-corrected chi connectivity index (χ4v) is 5.12. The molecule has 1 aromatic rings. The molecule has 9 heteroatoms. The van der Waals surface area contributed by atoms with Gasteiger partial charge in [-0.25, -0.2) is 9.59 Å². The van der Waals surface area contributed by atoms with Crippen LogP contribution in [0.15, 0.2) is 0 Å². The summed E-state index contributed by atoms with van der Waals surface area (Å²) in [5, 5.41) is 0.0936. The number of hydrogen-bond acceptors (Lipinski definition) is 9. The number of carbonyl (C=O) groups is 4. The average Bonchev–Trinajstić information content (AvgIpc) is 3.00. The molecule has 2 aliphatic rings. The Kier molecular flexibility index (Phi) is 6.02. The van der Waals surface area contributed by atoms with Crippen LogP contribution in [0.2, 0.25) is 0 Å². The van der Waals surface area contributed by atoms with Crippen molar-refractivity contribution in [2.45, 2.75) is 38.7 Å². The molecular weight excluding hydrogens is 386 g/mol. The summed E-state index contributed by atoms with van der Waals surface area (Å²) in [7, 11) is 2.41. The van der Waals surface area contributed by atoms with Gasteiger partial charge in [0.15, 0.2) is 0 Å². The van der Waals surface area contributed by atoms with Crippen molar-refractivity contribution in [2.75, 3.05) is 20.0 Å². The van der Waals surface area contributed by atoms with Gasteiger partial charge < -0.3 is 19.9 Å². The zero-order valence-electron chi connectivity index (χ0n) is 15.8. The lowest BCUT2D eigenvalue weighted by molar-refractivity contribution is -0.154. The molecule has 0 saturated heterocycles. The van der Waals surface area contributed by atoms with E-state index >= 15 is 0 Å². The molecule has 0 aliphatic heterocycles. The zero-order valence-corrected chi connectivity index (χ0v) is 16.6. The van der Waals surface area contributed by atoms with Crippen molar-refractivity contribution >= 4 is 40.0 Å². The molecule has 152 valence electrons. The van der Waals surface area contributed by atoms with Crippen LogP contribution >= 0.6 is 11.3 Å². The van der Waals surface area contributed by atoms with Crippen LogP contribution < -0.4 is 5.73 Å². The number of carbonyl (C=O) groups excluding carboxylic acids is 4. The minimum Gasteiger partial charge on any atom is -0.465 e. The summed E-state index contributed by atoms with van der Waals surface area (Å²) >= 11 is 0.885. The molecule has 28 heavy (non-hydrogen) atoms. The molecule has 2 N–H and O–H groups in total. The summed E-state index contributed by atoms with van der Waals surface area (Å²) in [6.45, 7) is -0.290. The van der Waals surface area contributed by atoms with E-state index in [4.69, 9.17) is 19.9 Å². The van der Waals surface area contributed by atoms with Crippen LogP contribution in [-0.2, 0) is 30.4 Å². The molecule has 3 rings (SSSR count). The van der Waals surface area contributed by atoms with Gasteiger partial charge in [-0.15, -0.1) is 11.3 Å². The number of anilines is 1. The highest BCUT2D eigenvalue weighted by Crippen LogP contribution is 2.41. The molecule has 1 unspecified atom stereocenters. The van der Waals surface area contributed by atoms with Gasteiger partial charge in [-0.1, -0.05) is 6.42 Å². The second-order valence-electron chi connectivity index (χ2n) is 7.14. The smallest absolute Gasteiger partial charge is 0.348 e. The highest BCUT2D eigenvalue weighted by atomic mass is 32.1. The van der Waals surface area contributed by atoms with Crippen molar-refractivity contribution in [2.24, 2.45) is 17.8 Å². The van der Waals surface area contributed by atoms with Gasteiger partial charge in [-0.05, 0) is 25.7 Å². The Morgan fingerprint density at radius 3 is 2.25 bits per heavy atom. The second-order valence-corrected chi connectivity index (χ2v) is 8.19. The van der Waals surface area contributed by atoms with Crippen LogP contribution in [0.1, 0.15) is 57.7 Å². The molecule has 2 bridgehead atoms. The molecule has 0 aromatic carbocycles. The number of fused-ring (bicyclic) bond motifs is 2. The summed E-state index contributed by atoms with van der Waals surface area (Å²) in [5.41, 5.74) is 6.06. The Morgan fingerprint density at radius 1 is 1.07 bits per heavy atom. The van der Waals surface area contributed by atoms with Crippen LogP contribution in [0, 0.1) is 17.8 Å². The van der Waals surface area contributed by atoms with E-state index in [9.17, 15) is 19.2 Å². The van der Waals surface area contributed by atoms with E-state index in [-0.39, 0.29) is 51.1 Å². The number of esters is 3. The van der Waals surface area contributed by atoms with Gasteiger partial charge in [0.05, 0.1) is 20.1 Å². The summed E-state index contributed by atoms with van der Waals surface area (Å²) in [5.74, 6) is -2.05. The molecule has 3 atom stereocenters. The molecule has 1 heterocycles. The van der Waals surface area contributed by atoms with Gasteiger partial charge in [0, 0.05) is 17.4 Å². The third-order valence-corrected chi connectivity index (χ3v) is 6.58. The maximum atomic E-state index is 12.6. The van der Waals surface area contributed by atoms with E-state index in [1.807, 2.05) is 0 Å². The van der Waals surface area contributed by atoms with Crippen LogP contribution in [0.25, 0.3) is 0 Å². The second kappa shape index (κ2) is 8.30. The van der Waals surface area contributed by atoms with Crippen molar-refractivity contribution in [3.8, 4) is 0 Å². The lowest BCUT2D eigenvalue weighted by atomic mass is 9.67. The Balaban J connectivity index is 1.76. The number of ether oxygens (including phenoxy) is 3. The van der Waals surface area contributed by atoms with E-state index in [0.717, 1.165) is 30.6 Å². The first kappa shape index (κ1) is 20.3. The number of Topliss-reactive ketones (excluding diaryl/α,β-unsaturated/α-hetero) is 1. The first-order chi connectivity index (χ1) is 13.4. The minimum atomic E-state index is -0.715. The first-order valence-electron chi connectivity index (χ1n) is 9.15. The Labute approximate surface area is 166 Å². The lowest BCUT2D eigenvalue weighted by Crippen LogP contribution is -2.39. The predicted molar refractivity (Wildman–Crippen MR) is 99.8 cm³/mol. The molecule has 0 amide bonds. The largest absolute Gasteiger partial charge is 0.465 e. The van der Waals surface area contributed by atoms with Crippen molar-refractivity contribution in [3.05, 3.63) is 16.0 Å². The Morgan fingerprint density at radius 2 is 1.68 bits per heavy atom. The summed E-state index contributed by atoms with van der Waals surface area (Å²) in [6, 6.07) is 0. The van der Waals surface area contributed by atoms with E-state index in [1.54, 1.807) is 0 Å². The Bertz CT molecular complexity index is 799. The maximum Gasteiger partial charge on any atom is 0.348 e. The normalized spacial score (nSPS) is 23.8. The number of ketones is 1. The highest BCUT2D eigenvalue weighted by molar-refractivity contribution is 7.18. The fourth-order valence-electron chi connectivity index (χ4n) is 4.14. The quantitative estimate of drug-likeness (QED) is 0.581. The van der Waals surface area contributed by atoms with Crippen LogP contribution in [-0.4, -0.2) is 37.9 Å². The average molecular weight is 409 g/mol. The van der Waals surface area contributed by atoms with E-state index in [0.29, 0.717) is 12.8 Å². The molecule has 2 fully saturated rings. The van der Waals surface area contributed by atoms with Crippen LogP contribution in [0.5, 0.6) is 0 Å². The summed E-state index contributed by atoms with van der Waals surface area (Å²) < 4.78 is 14.9. The zero-order chi connectivity index (χ0) is 20.4. The van der Waals surface area contributed by atoms with Gasteiger partial charge in [0.1, 0.15) is 27.8 Å². The minimum absolute atomic E-state index is 0.0105. The highest BCUT2D eigenvalue weighted by Gasteiger charge is 2.42. The van der Waals surface area contributed by atoms with Crippen molar-refractivity contribution < 1.29 is 33.4 Å². The number of methoxy groups -OCH3 is 2. The molecule has 2 aliphatic carbocycles. The fraction of sp³-hybridized carbons (Fsp3) is 0.579. The molecule has 1 aromatic heterocycles. The van der Waals surface area contributed by atoms with E-state index in [2.05, 4.69) is 0 Å². The number of hydrogen-bond donors (Lipinski definition) is 1. The number of thiophene rings is 1. The third-order valence-electron chi connectivity index (χ3n) is 5.53. The summed E-state index contributed by atoms with van der Waals surface area (Å²) in [4.78, 5) is 49.0. The van der Waals surface area contributed by atoms with E-state index in [1.165, 1.54) is 14.2 Å². The standard InChI is InChI=1S/C19H23NO7S/c1-25-18(23)13-12(15(19(24)26-2)28-16(13)20)8-27-17(22)11-6-9-4-3-5-10(7-11)14(9)21/h9-11H,3-8,20H2,1-2H3/t9-,10+,11?. The first-order valence-corrected chi connectivity index (χ1v) is 9.97. The molecular formula is C19H23NO7S. The van der Waals surface area contributed by atoms with E-state index < -0.39 is 17.9 Å². The van der Waals surface area contributed by atoms with Crippen molar-refractivity contribution in [3.63, 3.8) is 0 Å². The van der Waals surface area contributed by atoms with Gasteiger partial charge in [0.25, 0.3) is 0 Å². The number of nitrogens with two attached hydrogens (primary N) is 1.